The summed E-state index contributed by atoms with van der Waals surface area (Å²) in [6.45, 7) is 0. The van der Waals surface area contributed by atoms with Gasteiger partial charge in [0.25, 0.3) is 0 Å². The highest BCUT2D eigenvalue weighted by atomic mass is 16.5. The highest BCUT2D eigenvalue weighted by molar-refractivity contribution is 5.93. The normalized spacial score (nSPS) is 10.4. The van der Waals surface area contributed by atoms with Gasteiger partial charge < -0.3 is 14.8 Å². The van der Waals surface area contributed by atoms with Gasteiger partial charge in [-0.2, -0.15) is 0 Å². The topological polar surface area (TPSA) is 62.3 Å². The number of aromatic amines is 1. The molecule has 0 bridgehead atoms. The number of aromatic carboxylic acids is 1. The summed E-state index contributed by atoms with van der Waals surface area (Å²) in [5, 5.41) is 9.46. The van der Waals surface area contributed by atoms with E-state index in [0.29, 0.717) is 11.3 Å². The predicted molar refractivity (Wildman–Crippen MR) is 50.6 cm³/mol. The largest absolute Gasteiger partial charge is 0.497 e. The number of hydrogen-bond donors (Lipinski definition) is 2. The molecule has 0 aliphatic carbocycles. The average molecular weight is 190 g/mol. The van der Waals surface area contributed by atoms with Gasteiger partial charge in [0, 0.05) is 17.5 Å². The lowest BCUT2D eigenvalue weighted by Gasteiger charge is -1.97. The van der Waals surface area contributed by atoms with Gasteiger partial charge >= 0.3 is 5.97 Å². The highest BCUT2D eigenvalue weighted by Crippen LogP contribution is 2.20. The third kappa shape index (κ3) is 1.31. The molecule has 71 valence electrons. The van der Waals surface area contributed by atoms with Crippen LogP contribution in [0.25, 0.3) is 10.9 Å². The van der Waals surface area contributed by atoms with Crippen molar-refractivity contribution in [1.82, 2.24) is 4.98 Å². The molecule has 4 nitrogen and oxygen atoms in total. The number of H-pyrrole nitrogens is 1. The number of hydrogen-bond acceptors (Lipinski definition) is 2. The molecular formula is C10H8NO3. The van der Waals surface area contributed by atoms with E-state index < -0.39 is 5.97 Å². The van der Waals surface area contributed by atoms with Crippen molar-refractivity contribution >= 4 is 16.9 Å². The second kappa shape index (κ2) is 3.06. The minimum atomic E-state index is -1.01. The highest BCUT2D eigenvalue weighted by Gasteiger charge is 2.07. The van der Waals surface area contributed by atoms with Gasteiger partial charge in [-0.15, -0.1) is 0 Å². The molecule has 2 rings (SSSR count). The standard InChI is InChI=1S/C10H8NO3/c1-14-7-3-2-6-4-9(10(12)13)11-8(6)5-7/h2-3,5,11H,1H3,(H,12,13). The number of carbonyl (C=O) groups is 1. The Balaban J connectivity index is 2.60. The van der Waals surface area contributed by atoms with Crippen LogP contribution in [0, 0.1) is 6.07 Å². The van der Waals surface area contributed by atoms with Crippen LogP contribution in [0.4, 0.5) is 0 Å². The SMILES string of the molecule is COc1ccc2[c]c(C(=O)O)[nH]c2c1. The third-order valence-corrected chi connectivity index (χ3v) is 1.96. The molecule has 0 saturated heterocycles. The molecule has 0 fully saturated rings. The molecule has 0 aliphatic heterocycles. The lowest BCUT2D eigenvalue weighted by molar-refractivity contribution is 0.0691. The van der Waals surface area contributed by atoms with Crippen LogP contribution in [0.1, 0.15) is 10.5 Å². The van der Waals surface area contributed by atoms with Crippen molar-refractivity contribution < 1.29 is 14.6 Å². The summed E-state index contributed by atoms with van der Waals surface area (Å²) in [7, 11) is 1.56. The molecule has 0 saturated carbocycles. The van der Waals surface area contributed by atoms with Crippen LogP contribution in [0.15, 0.2) is 18.2 Å². The number of aromatic nitrogens is 1. The number of carboxylic acid groups (broad SMARTS) is 1. The Hall–Kier alpha value is -1.97. The molecule has 1 aromatic carbocycles. The molecule has 0 amide bonds. The Morgan fingerprint density at radius 3 is 3.00 bits per heavy atom. The van der Waals surface area contributed by atoms with Crippen molar-refractivity contribution in [2.75, 3.05) is 7.11 Å². The molecule has 0 spiro atoms. The van der Waals surface area contributed by atoms with Crippen molar-refractivity contribution in [2.45, 2.75) is 0 Å². The summed E-state index contributed by atoms with van der Waals surface area (Å²) in [5.41, 5.74) is 0.773. The summed E-state index contributed by atoms with van der Waals surface area (Å²) in [6.07, 6.45) is 0. The fraction of sp³-hybridized carbons (Fsp3) is 0.100. The molecule has 0 atom stereocenters. The van der Waals surface area contributed by atoms with Gasteiger partial charge in [0.05, 0.1) is 12.6 Å². The summed E-state index contributed by atoms with van der Waals surface area (Å²) in [4.78, 5) is 13.4. The molecular weight excluding hydrogens is 182 g/mol. The van der Waals surface area contributed by atoms with Crippen LogP contribution in [0.3, 0.4) is 0 Å². The fourth-order valence-electron chi connectivity index (χ4n) is 1.27. The van der Waals surface area contributed by atoms with Crippen LogP contribution in [0.2, 0.25) is 0 Å². The maximum Gasteiger partial charge on any atom is 0.352 e. The average Bonchev–Trinajstić information content (AvgIpc) is 2.59. The number of ether oxygens (including phenoxy) is 1. The monoisotopic (exact) mass is 190 g/mol. The first-order chi connectivity index (χ1) is 6.70. The van der Waals surface area contributed by atoms with Gasteiger partial charge in [-0.1, -0.05) is 0 Å². The van der Waals surface area contributed by atoms with E-state index in [-0.39, 0.29) is 5.69 Å². The zero-order valence-corrected chi connectivity index (χ0v) is 7.50. The number of benzene rings is 1. The number of methoxy groups -OCH3 is 1. The Labute approximate surface area is 80.1 Å². The number of rotatable bonds is 2. The minimum absolute atomic E-state index is 0.0632. The van der Waals surface area contributed by atoms with Crippen molar-refractivity contribution in [3.8, 4) is 5.75 Å². The van der Waals surface area contributed by atoms with E-state index >= 15 is 0 Å². The molecule has 1 heterocycles. The van der Waals surface area contributed by atoms with E-state index in [9.17, 15) is 4.79 Å². The van der Waals surface area contributed by atoms with Gasteiger partial charge in [0.15, 0.2) is 0 Å². The van der Waals surface area contributed by atoms with E-state index in [1.54, 1.807) is 25.3 Å². The van der Waals surface area contributed by atoms with Crippen molar-refractivity contribution in [2.24, 2.45) is 0 Å². The Morgan fingerprint density at radius 1 is 1.57 bits per heavy atom. The van der Waals surface area contributed by atoms with E-state index in [0.717, 1.165) is 5.39 Å². The van der Waals surface area contributed by atoms with Crippen molar-refractivity contribution in [3.63, 3.8) is 0 Å². The van der Waals surface area contributed by atoms with E-state index in [2.05, 4.69) is 11.1 Å². The molecule has 2 N–H and O–H groups in total. The zero-order chi connectivity index (χ0) is 10.1. The van der Waals surface area contributed by atoms with E-state index in [1.165, 1.54) is 0 Å². The molecule has 1 aromatic heterocycles. The first kappa shape index (κ1) is 8.62. The maximum absolute atomic E-state index is 10.6. The number of nitrogens with one attached hydrogen (secondary N) is 1. The van der Waals surface area contributed by atoms with Crippen LogP contribution in [0.5, 0.6) is 5.75 Å². The lowest BCUT2D eigenvalue weighted by atomic mass is 10.2. The quantitative estimate of drug-likeness (QED) is 0.757. The first-order valence-electron chi connectivity index (χ1n) is 4.03. The maximum atomic E-state index is 10.6. The van der Waals surface area contributed by atoms with Crippen LogP contribution in [-0.4, -0.2) is 23.2 Å². The summed E-state index contributed by atoms with van der Waals surface area (Å²) in [6, 6.07) is 7.99. The van der Waals surface area contributed by atoms with Crippen LogP contribution >= 0.6 is 0 Å². The fourth-order valence-corrected chi connectivity index (χ4v) is 1.27. The summed E-state index contributed by atoms with van der Waals surface area (Å²) < 4.78 is 5.01. The van der Waals surface area contributed by atoms with Gasteiger partial charge in [0.2, 0.25) is 0 Å². The summed E-state index contributed by atoms with van der Waals surface area (Å²) >= 11 is 0. The number of carboxylic acids is 1. The van der Waals surface area contributed by atoms with Gasteiger partial charge in [0.1, 0.15) is 11.4 Å². The van der Waals surface area contributed by atoms with Crippen molar-refractivity contribution in [3.05, 3.63) is 30.0 Å². The van der Waals surface area contributed by atoms with E-state index in [1.807, 2.05) is 0 Å². The van der Waals surface area contributed by atoms with Gasteiger partial charge in [-0.25, -0.2) is 4.79 Å². The molecule has 0 aliphatic rings. The second-order valence-electron chi connectivity index (χ2n) is 2.84. The zero-order valence-electron chi connectivity index (χ0n) is 7.50. The lowest BCUT2D eigenvalue weighted by Crippen LogP contribution is -1.95. The molecule has 14 heavy (non-hydrogen) atoms. The Kier molecular flexibility index (Phi) is 1.89. The predicted octanol–water partition coefficient (Wildman–Crippen LogP) is 1.67. The summed E-state index contributed by atoms with van der Waals surface area (Å²) in [5.74, 6) is -0.329. The Morgan fingerprint density at radius 2 is 2.36 bits per heavy atom. The van der Waals surface area contributed by atoms with Crippen LogP contribution < -0.4 is 4.74 Å². The Bertz CT molecular complexity index is 487. The van der Waals surface area contributed by atoms with E-state index in [4.69, 9.17) is 9.84 Å². The molecule has 0 unspecified atom stereocenters. The third-order valence-electron chi connectivity index (χ3n) is 1.96. The smallest absolute Gasteiger partial charge is 0.352 e. The molecule has 4 heteroatoms. The van der Waals surface area contributed by atoms with Crippen LogP contribution in [-0.2, 0) is 0 Å². The van der Waals surface area contributed by atoms with Crippen molar-refractivity contribution in [1.29, 1.82) is 0 Å². The minimum Gasteiger partial charge on any atom is -0.497 e. The second-order valence-corrected chi connectivity index (χ2v) is 2.84. The van der Waals surface area contributed by atoms with Gasteiger partial charge in [-0.3, -0.25) is 0 Å². The first-order valence-corrected chi connectivity index (χ1v) is 4.03. The molecule has 1 radical (unpaired) electrons. The van der Waals surface area contributed by atoms with Gasteiger partial charge in [-0.05, 0) is 12.1 Å². The number of fused-ring (bicyclic) bond motifs is 1. The molecule has 2 aromatic rings.